The molecular formula is C18H16FN5O2. The first-order valence-corrected chi connectivity index (χ1v) is 7.81. The molecule has 8 heteroatoms. The molecule has 0 saturated heterocycles. The Hall–Kier alpha value is -3.55. The van der Waals surface area contributed by atoms with Gasteiger partial charge in [-0.3, -0.25) is 9.59 Å². The van der Waals surface area contributed by atoms with Crippen molar-refractivity contribution in [1.82, 2.24) is 19.9 Å². The largest absolute Gasteiger partial charge is 0.331 e. The van der Waals surface area contributed by atoms with Gasteiger partial charge in [-0.1, -0.05) is 29.5 Å². The smallest absolute Gasteiger partial charge is 0.276 e. The molecule has 0 radical (unpaired) electrons. The minimum Gasteiger partial charge on any atom is -0.331 e. The number of carbonyl (C=O) groups is 2. The Bertz CT molecular complexity index is 926. The SMILES string of the molecule is CN(CC(=O)Nc1cccc(F)c1)C(=O)c1cn(-c2ccccc2)nn1. The van der Waals surface area contributed by atoms with Crippen LogP contribution in [0.4, 0.5) is 10.1 Å². The third-order valence-corrected chi connectivity index (χ3v) is 3.57. The number of likely N-dealkylation sites (N-methyl/N-ethyl adjacent to an activating group) is 1. The van der Waals surface area contributed by atoms with Crippen LogP contribution in [0.1, 0.15) is 10.5 Å². The van der Waals surface area contributed by atoms with Gasteiger partial charge >= 0.3 is 0 Å². The molecule has 0 aliphatic heterocycles. The molecule has 0 spiro atoms. The van der Waals surface area contributed by atoms with Crippen LogP contribution in [0.3, 0.4) is 0 Å². The highest BCUT2D eigenvalue weighted by molar-refractivity contribution is 5.98. The number of nitrogens with one attached hydrogen (secondary N) is 1. The lowest BCUT2D eigenvalue weighted by Gasteiger charge is -2.15. The third-order valence-electron chi connectivity index (χ3n) is 3.57. The molecule has 3 rings (SSSR count). The van der Waals surface area contributed by atoms with Crippen LogP contribution in [0.15, 0.2) is 60.8 Å². The summed E-state index contributed by atoms with van der Waals surface area (Å²) in [4.78, 5) is 25.6. The zero-order valence-electron chi connectivity index (χ0n) is 14.0. The second kappa shape index (κ2) is 7.56. The number of nitrogens with zero attached hydrogens (tertiary/aromatic N) is 4. The molecule has 132 valence electrons. The van der Waals surface area contributed by atoms with E-state index in [2.05, 4.69) is 15.6 Å². The number of halogens is 1. The fourth-order valence-corrected chi connectivity index (χ4v) is 2.32. The molecule has 0 saturated carbocycles. The van der Waals surface area contributed by atoms with E-state index in [1.54, 1.807) is 6.07 Å². The first-order valence-electron chi connectivity index (χ1n) is 7.81. The van der Waals surface area contributed by atoms with Crippen molar-refractivity contribution in [3.05, 3.63) is 72.3 Å². The van der Waals surface area contributed by atoms with Crippen LogP contribution in [0, 0.1) is 5.82 Å². The predicted molar refractivity (Wildman–Crippen MR) is 93.3 cm³/mol. The standard InChI is InChI=1S/C18H16FN5O2/c1-23(12-17(25)20-14-7-5-6-13(19)10-14)18(26)16-11-24(22-21-16)15-8-3-2-4-9-15/h2-11H,12H2,1H3,(H,20,25). The minimum atomic E-state index is -0.454. The van der Waals surface area contributed by atoms with Gasteiger partial charge in [0, 0.05) is 12.7 Å². The number of amides is 2. The summed E-state index contributed by atoms with van der Waals surface area (Å²) in [7, 11) is 1.48. The van der Waals surface area contributed by atoms with E-state index in [1.807, 2.05) is 30.3 Å². The highest BCUT2D eigenvalue weighted by Gasteiger charge is 2.18. The van der Waals surface area contributed by atoms with E-state index >= 15 is 0 Å². The second-order valence-electron chi connectivity index (χ2n) is 5.60. The maximum Gasteiger partial charge on any atom is 0.276 e. The molecule has 2 amide bonds. The molecule has 0 bridgehead atoms. The summed E-state index contributed by atoms with van der Waals surface area (Å²) >= 11 is 0. The highest BCUT2D eigenvalue weighted by Crippen LogP contribution is 2.10. The van der Waals surface area contributed by atoms with Gasteiger partial charge in [0.1, 0.15) is 5.82 Å². The normalized spacial score (nSPS) is 10.4. The van der Waals surface area contributed by atoms with Crippen molar-refractivity contribution in [2.45, 2.75) is 0 Å². The number of anilines is 1. The number of hydrogen-bond acceptors (Lipinski definition) is 4. The molecule has 0 atom stereocenters. The molecule has 26 heavy (non-hydrogen) atoms. The summed E-state index contributed by atoms with van der Waals surface area (Å²) < 4.78 is 14.6. The summed E-state index contributed by atoms with van der Waals surface area (Å²) in [5.74, 6) is -1.34. The van der Waals surface area contributed by atoms with Gasteiger partial charge in [0.15, 0.2) is 5.69 Å². The molecule has 0 unspecified atom stereocenters. The van der Waals surface area contributed by atoms with Crippen molar-refractivity contribution in [2.75, 3.05) is 18.9 Å². The van der Waals surface area contributed by atoms with Gasteiger partial charge in [-0.25, -0.2) is 9.07 Å². The van der Waals surface area contributed by atoms with Gasteiger partial charge in [0.05, 0.1) is 18.4 Å². The summed E-state index contributed by atoms with van der Waals surface area (Å²) in [5.41, 5.74) is 1.21. The monoisotopic (exact) mass is 353 g/mol. The van der Waals surface area contributed by atoms with Crippen LogP contribution >= 0.6 is 0 Å². The van der Waals surface area contributed by atoms with E-state index in [0.717, 1.165) is 5.69 Å². The molecule has 0 fully saturated rings. The summed E-state index contributed by atoms with van der Waals surface area (Å²) in [6.07, 6.45) is 1.50. The topological polar surface area (TPSA) is 80.1 Å². The Balaban J connectivity index is 1.63. The zero-order valence-corrected chi connectivity index (χ0v) is 14.0. The van der Waals surface area contributed by atoms with Crippen LogP contribution in [-0.2, 0) is 4.79 Å². The van der Waals surface area contributed by atoms with Crippen LogP contribution in [0.5, 0.6) is 0 Å². The average Bonchev–Trinajstić information content (AvgIpc) is 3.11. The summed E-state index contributed by atoms with van der Waals surface area (Å²) in [5, 5.41) is 10.3. The molecule has 1 aromatic heterocycles. The lowest BCUT2D eigenvalue weighted by Crippen LogP contribution is -2.35. The molecule has 2 aromatic carbocycles. The fourth-order valence-electron chi connectivity index (χ4n) is 2.32. The quantitative estimate of drug-likeness (QED) is 0.762. The van der Waals surface area contributed by atoms with E-state index < -0.39 is 17.6 Å². The van der Waals surface area contributed by atoms with E-state index in [4.69, 9.17) is 0 Å². The van der Waals surface area contributed by atoms with Crippen molar-refractivity contribution in [3.8, 4) is 5.69 Å². The first-order chi connectivity index (χ1) is 12.5. The number of hydrogen-bond donors (Lipinski definition) is 1. The molecular weight excluding hydrogens is 337 g/mol. The number of benzene rings is 2. The van der Waals surface area contributed by atoms with Crippen molar-refractivity contribution in [2.24, 2.45) is 0 Å². The van der Waals surface area contributed by atoms with Crippen LogP contribution in [-0.4, -0.2) is 45.3 Å². The van der Waals surface area contributed by atoms with Gasteiger partial charge in [-0.05, 0) is 30.3 Å². The fraction of sp³-hybridized carbons (Fsp3) is 0.111. The molecule has 0 aliphatic carbocycles. The van der Waals surface area contributed by atoms with E-state index in [0.29, 0.717) is 5.69 Å². The first kappa shape index (κ1) is 17.3. The lowest BCUT2D eigenvalue weighted by molar-refractivity contribution is -0.116. The Morgan fingerprint density at radius 3 is 2.65 bits per heavy atom. The predicted octanol–water partition coefficient (Wildman–Crippen LogP) is 2.12. The highest BCUT2D eigenvalue weighted by atomic mass is 19.1. The lowest BCUT2D eigenvalue weighted by atomic mass is 10.3. The van der Waals surface area contributed by atoms with Crippen LogP contribution in [0.25, 0.3) is 5.69 Å². The minimum absolute atomic E-state index is 0.120. The molecule has 0 aliphatic rings. The van der Waals surface area contributed by atoms with Gasteiger partial charge < -0.3 is 10.2 Å². The van der Waals surface area contributed by atoms with E-state index in [1.165, 1.54) is 41.0 Å². The number of carbonyl (C=O) groups excluding carboxylic acids is 2. The van der Waals surface area contributed by atoms with Gasteiger partial charge in [-0.15, -0.1) is 5.10 Å². The average molecular weight is 353 g/mol. The molecule has 7 nitrogen and oxygen atoms in total. The van der Waals surface area contributed by atoms with Crippen molar-refractivity contribution >= 4 is 17.5 Å². The van der Waals surface area contributed by atoms with Crippen molar-refractivity contribution in [3.63, 3.8) is 0 Å². The molecule has 1 heterocycles. The maximum absolute atomic E-state index is 13.1. The summed E-state index contributed by atoms with van der Waals surface area (Å²) in [6.45, 7) is -0.201. The van der Waals surface area contributed by atoms with Crippen molar-refractivity contribution < 1.29 is 14.0 Å². The van der Waals surface area contributed by atoms with Crippen LogP contribution < -0.4 is 5.32 Å². The van der Waals surface area contributed by atoms with E-state index in [-0.39, 0.29) is 12.2 Å². The molecule has 1 N–H and O–H groups in total. The Labute approximate surface area is 149 Å². The summed E-state index contributed by atoms with van der Waals surface area (Å²) in [6, 6.07) is 14.8. The third kappa shape index (κ3) is 4.10. The van der Waals surface area contributed by atoms with E-state index in [9.17, 15) is 14.0 Å². The zero-order chi connectivity index (χ0) is 18.5. The Kier molecular flexibility index (Phi) is 5.02. The van der Waals surface area contributed by atoms with Crippen LogP contribution in [0.2, 0.25) is 0 Å². The van der Waals surface area contributed by atoms with Gasteiger partial charge in [-0.2, -0.15) is 0 Å². The Morgan fingerprint density at radius 1 is 1.15 bits per heavy atom. The maximum atomic E-state index is 13.1. The number of aromatic nitrogens is 3. The number of rotatable bonds is 5. The van der Waals surface area contributed by atoms with Gasteiger partial charge in [0.25, 0.3) is 5.91 Å². The van der Waals surface area contributed by atoms with Gasteiger partial charge in [0.2, 0.25) is 5.91 Å². The second-order valence-corrected chi connectivity index (χ2v) is 5.60. The van der Waals surface area contributed by atoms with Crippen molar-refractivity contribution in [1.29, 1.82) is 0 Å². The number of para-hydroxylation sites is 1. The molecule has 3 aromatic rings. The Morgan fingerprint density at radius 2 is 1.92 bits per heavy atom.